The highest BCUT2D eigenvalue weighted by atomic mass is 32.1. The summed E-state index contributed by atoms with van der Waals surface area (Å²) < 4.78 is 5.72. The number of aryl methyl sites for hydroxylation is 1. The van der Waals surface area contributed by atoms with Crippen molar-refractivity contribution in [2.24, 2.45) is 0 Å². The number of nitrogens with zero attached hydrogens (tertiary/aromatic N) is 2. The third-order valence-corrected chi connectivity index (χ3v) is 3.73. The summed E-state index contributed by atoms with van der Waals surface area (Å²) in [6, 6.07) is 8.55. The van der Waals surface area contributed by atoms with Gasteiger partial charge in [-0.2, -0.15) is 0 Å². The van der Waals surface area contributed by atoms with Crippen LogP contribution in [0.5, 0.6) is 5.75 Å². The minimum atomic E-state index is 0.465. The van der Waals surface area contributed by atoms with E-state index < -0.39 is 0 Å². The quantitative estimate of drug-likeness (QED) is 0.852. The molecular formula is C15H21N3OS. The van der Waals surface area contributed by atoms with Crippen LogP contribution in [0.25, 0.3) is 0 Å². The molecule has 0 fully saturated rings. The maximum Gasteiger partial charge on any atom is 0.131 e. The van der Waals surface area contributed by atoms with E-state index >= 15 is 0 Å². The number of nitrogens with one attached hydrogen (secondary N) is 1. The third kappa shape index (κ3) is 4.90. The van der Waals surface area contributed by atoms with Crippen molar-refractivity contribution in [1.29, 1.82) is 0 Å². The van der Waals surface area contributed by atoms with Gasteiger partial charge in [-0.1, -0.05) is 26.0 Å². The molecule has 0 amide bonds. The van der Waals surface area contributed by atoms with Crippen LogP contribution in [0.15, 0.2) is 24.3 Å². The average Bonchev–Trinajstić information content (AvgIpc) is 2.84. The Bertz CT molecular complexity index is 539. The minimum absolute atomic E-state index is 0.465. The summed E-state index contributed by atoms with van der Waals surface area (Å²) in [7, 11) is 0. The van der Waals surface area contributed by atoms with E-state index in [1.165, 1.54) is 5.56 Å². The van der Waals surface area contributed by atoms with Crippen LogP contribution in [-0.4, -0.2) is 22.8 Å². The molecule has 0 aliphatic rings. The molecule has 0 unspecified atom stereocenters. The van der Waals surface area contributed by atoms with E-state index in [1.54, 1.807) is 11.3 Å². The normalized spacial score (nSPS) is 11.0. The maximum absolute atomic E-state index is 5.72. The summed E-state index contributed by atoms with van der Waals surface area (Å²) in [6.07, 6.45) is 0.799. The second kappa shape index (κ2) is 7.36. The highest BCUT2D eigenvalue weighted by molar-refractivity contribution is 7.11. The summed E-state index contributed by atoms with van der Waals surface area (Å²) in [5.41, 5.74) is 1.21. The average molecular weight is 291 g/mol. The Kier molecular flexibility index (Phi) is 5.49. The highest BCUT2D eigenvalue weighted by Crippen LogP contribution is 2.14. The van der Waals surface area contributed by atoms with Crippen LogP contribution in [-0.2, 0) is 13.0 Å². The predicted molar refractivity (Wildman–Crippen MR) is 82.3 cm³/mol. The van der Waals surface area contributed by atoms with Crippen molar-refractivity contribution in [3.8, 4) is 5.75 Å². The first-order chi connectivity index (χ1) is 9.63. The van der Waals surface area contributed by atoms with Gasteiger partial charge in [0, 0.05) is 19.0 Å². The number of hydrogen-bond donors (Lipinski definition) is 1. The number of ether oxygens (including phenoxy) is 1. The molecule has 0 spiro atoms. The lowest BCUT2D eigenvalue weighted by Crippen LogP contribution is -2.21. The lowest BCUT2D eigenvalue weighted by molar-refractivity contribution is 0.321. The fraction of sp³-hybridized carbons (Fsp3) is 0.467. The summed E-state index contributed by atoms with van der Waals surface area (Å²) in [6.45, 7) is 7.73. The first-order valence-corrected chi connectivity index (χ1v) is 7.69. The van der Waals surface area contributed by atoms with E-state index in [2.05, 4.69) is 42.4 Å². The Morgan fingerprint density at radius 3 is 2.80 bits per heavy atom. The molecule has 1 aromatic carbocycles. The van der Waals surface area contributed by atoms with Crippen molar-refractivity contribution in [1.82, 2.24) is 15.5 Å². The molecule has 0 radical (unpaired) electrons. The molecule has 108 valence electrons. The number of aromatic nitrogens is 2. The van der Waals surface area contributed by atoms with E-state index in [0.29, 0.717) is 12.6 Å². The van der Waals surface area contributed by atoms with E-state index in [0.717, 1.165) is 28.7 Å². The van der Waals surface area contributed by atoms with Crippen molar-refractivity contribution in [3.63, 3.8) is 0 Å². The smallest absolute Gasteiger partial charge is 0.131 e. The van der Waals surface area contributed by atoms with Crippen molar-refractivity contribution >= 4 is 11.3 Å². The first kappa shape index (κ1) is 14.9. The Morgan fingerprint density at radius 1 is 1.25 bits per heavy atom. The van der Waals surface area contributed by atoms with Crippen molar-refractivity contribution in [2.45, 2.75) is 39.8 Å². The van der Waals surface area contributed by atoms with Gasteiger partial charge >= 0.3 is 0 Å². The molecule has 1 heterocycles. The van der Waals surface area contributed by atoms with Gasteiger partial charge < -0.3 is 10.1 Å². The van der Waals surface area contributed by atoms with Gasteiger partial charge in [-0.15, -0.1) is 21.5 Å². The lowest BCUT2D eigenvalue weighted by atomic mass is 10.2. The number of benzene rings is 1. The Balaban J connectivity index is 1.77. The zero-order valence-electron chi connectivity index (χ0n) is 12.2. The lowest BCUT2D eigenvalue weighted by Gasteiger charge is -2.05. The standard InChI is InChI=1S/C15H21N3OS/c1-11(2)16-10-15-18-17-14(20-15)7-8-19-13-6-4-5-12(3)9-13/h4-6,9,11,16H,7-8,10H2,1-3H3. The molecular weight excluding hydrogens is 270 g/mol. The van der Waals surface area contributed by atoms with Crippen molar-refractivity contribution in [2.75, 3.05) is 6.61 Å². The molecule has 4 nitrogen and oxygen atoms in total. The topological polar surface area (TPSA) is 47.0 Å². The van der Waals surface area contributed by atoms with Gasteiger partial charge in [0.2, 0.25) is 0 Å². The van der Waals surface area contributed by atoms with Crippen LogP contribution in [0, 0.1) is 6.92 Å². The third-order valence-electron chi connectivity index (χ3n) is 2.74. The SMILES string of the molecule is Cc1cccc(OCCc2nnc(CNC(C)C)s2)c1. The van der Waals surface area contributed by atoms with Crippen LogP contribution in [0.2, 0.25) is 0 Å². The molecule has 0 atom stereocenters. The second-order valence-corrected chi connectivity index (χ2v) is 6.19. The molecule has 0 saturated heterocycles. The van der Waals surface area contributed by atoms with Gasteiger partial charge in [0.25, 0.3) is 0 Å². The van der Waals surface area contributed by atoms with E-state index in [-0.39, 0.29) is 0 Å². The van der Waals surface area contributed by atoms with Gasteiger partial charge in [-0.25, -0.2) is 0 Å². The molecule has 5 heteroatoms. The van der Waals surface area contributed by atoms with E-state index in [1.807, 2.05) is 18.2 Å². The molecule has 0 aliphatic heterocycles. The molecule has 0 bridgehead atoms. The van der Waals surface area contributed by atoms with Crippen LogP contribution < -0.4 is 10.1 Å². The fourth-order valence-corrected chi connectivity index (χ4v) is 2.49. The zero-order valence-corrected chi connectivity index (χ0v) is 13.0. The van der Waals surface area contributed by atoms with Gasteiger partial charge in [0.1, 0.15) is 15.8 Å². The summed E-state index contributed by atoms with van der Waals surface area (Å²) in [4.78, 5) is 0. The van der Waals surface area contributed by atoms with Crippen molar-refractivity contribution in [3.05, 3.63) is 39.8 Å². The molecule has 20 heavy (non-hydrogen) atoms. The largest absolute Gasteiger partial charge is 0.493 e. The monoisotopic (exact) mass is 291 g/mol. The summed E-state index contributed by atoms with van der Waals surface area (Å²) in [5.74, 6) is 0.913. The van der Waals surface area contributed by atoms with Crippen LogP contribution >= 0.6 is 11.3 Å². The number of hydrogen-bond acceptors (Lipinski definition) is 5. The van der Waals surface area contributed by atoms with E-state index in [9.17, 15) is 0 Å². The van der Waals surface area contributed by atoms with Gasteiger partial charge in [-0.05, 0) is 24.6 Å². The summed E-state index contributed by atoms with van der Waals surface area (Å²) >= 11 is 1.65. The fourth-order valence-electron chi connectivity index (χ4n) is 1.71. The van der Waals surface area contributed by atoms with Crippen LogP contribution in [0.1, 0.15) is 29.4 Å². The highest BCUT2D eigenvalue weighted by Gasteiger charge is 2.05. The zero-order chi connectivity index (χ0) is 14.4. The molecule has 2 aromatic rings. The van der Waals surface area contributed by atoms with Crippen LogP contribution in [0.3, 0.4) is 0 Å². The molecule has 2 rings (SSSR count). The van der Waals surface area contributed by atoms with Crippen molar-refractivity contribution < 1.29 is 4.74 Å². The maximum atomic E-state index is 5.72. The second-order valence-electron chi connectivity index (χ2n) is 5.04. The Hall–Kier alpha value is -1.46. The number of rotatable bonds is 7. The molecule has 0 saturated carbocycles. The molecule has 1 aromatic heterocycles. The van der Waals surface area contributed by atoms with Gasteiger partial charge in [0.15, 0.2) is 0 Å². The molecule has 0 aliphatic carbocycles. The minimum Gasteiger partial charge on any atom is -0.493 e. The first-order valence-electron chi connectivity index (χ1n) is 6.87. The molecule has 1 N–H and O–H groups in total. The predicted octanol–water partition coefficient (Wildman–Crippen LogP) is 2.97. The Morgan fingerprint density at radius 2 is 2.05 bits per heavy atom. The van der Waals surface area contributed by atoms with Gasteiger partial charge in [0.05, 0.1) is 6.61 Å². The summed E-state index contributed by atoms with van der Waals surface area (Å²) in [5, 5.41) is 13.8. The van der Waals surface area contributed by atoms with Gasteiger partial charge in [-0.3, -0.25) is 0 Å². The Labute approximate surface area is 124 Å². The van der Waals surface area contributed by atoms with E-state index in [4.69, 9.17) is 4.74 Å². The van der Waals surface area contributed by atoms with Crippen LogP contribution in [0.4, 0.5) is 0 Å².